The number of imidazole rings is 1. The van der Waals surface area contributed by atoms with Crippen molar-refractivity contribution in [2.24, 2.45) is 5.73 Å². The Bertz CT molecular complexity index is 1230. The van der Waals surface area contributed by atoms with Crippen LogP contribution in [0.1, 0.15) is 0 Å². The van der Waals surface area contributed by atoms with Crippen LogP contribution in [-0.2, 0) is 0 Å². The van der Waals surface area contributed by atoms with Gasteiger partial charge in [0, 0.05) is 54.8 Å². The molecular formula is C22H20ClN7O. The van der Waals surface area contributed by atoms with Gasteiger partial charge in [-0.05, 0) is 42.5 Å². The van der Waals surface area contributed by atoms with Crippen LogP contribution >= 0.6 is 11.6 Å². The van der Waals surface area contributed by atoms with E-state index in [1.807, 2.05) is 48.7 Å². The summed E-state index contributed by atoms with van der Waals surface area (Å²) in [5.74, 6) is 1.65. The zero-order valence-corrected chi connectivity index (χ0v) is 17.4. The van der Waals surface area contributed by atoms with Gasteiger partial charge in [-0.3, -0.25) is 9.55 Å². The number of carbonyl (C=O) groups excluding carboxylic acids is 1. The maximum absolute atomic E-state index is 11.3. The lowest BCUT2D eigenvalue weighted by molar-refractivity contribution is 0.204. The largest absolute Gasteiger partial charge is 0.353 e. The lowest BCUT2D eigenvalue weighted by Crippen LogP contribution is -2.50. The molecule has 3 aromatic heterocycles. The summed E-state index contributed by atoms with van der Waals surface area (Å²) in [6.07, 6.45) is 5.37. The van der Waals surface area contributed by atoms with Crippen molar-refractivity contribution < 1.29 is 4.79 Å². The normalized spacial score (nSPS) is 14.2. The molecule has 1 aromatic carbocycles. The Balaban J connectivity index is 1.49. The summed E-state index contributed by atoms with van der Waals surface area (Å²) in [5.41, 5.74) is 8.97. The van der Waals surface area contributed by atoms with Crippen LogP contribution in [-0.4, -0.2) is 56.6 Å². The number of piperazine rings is 1. The molecule has 4 heterocycles. The molecule has 1 saturated heterocycles. The maximum atomic E-state index is 11.3. The second-order valence-electron chi connectivity index (χ2n) is 7.33. The van der Waals surface area contributed by atoms with E-state index in [-0.39, 0.29) is 6.03 Å². The van der Waals surface area contributed by atoms with Crippen molar-refractivity contribution in [1.82, 2.24) is 24.4 Å². The van der Waals surface area contributed by atoms with Gasteiger partial charge in [-0.15, -0.1) is 0 Å². The number of aromatic nitrogens is 4. The number of nitrogens with two attached hydrogens (primary N) is 1. The SMILES string of the molecule is NC(=O)N1CCN(c2ccc(-c3nc4ccncc4n3-c3ccc(Cl)cc3)cn2)CC1. The minimum Gasteiger partial charge on any atom is -0.353 e. The van der Waals surface area contributed by atoms with Crippen molar-refractivity contribution in [3.63, 3.8) is 0 Å². The van der Waals surface area contributed by atoms with E-state index < -0.39 is 0 Å². The van der Waals surface area contributed by atoms with Crippen LogP contribution in [0.2, 0.25) is 5.02 Å². The summed E-state index contributed by atoms with van der Waals surface area (Å²) in [6.45, 7) is 2.59. The van der Waals surface area contributed by atoms with Gasteiger partial charge < -0.3 is 15.5 Å². The van der Waals surface area contributed by atoms with Crippen LogP contribution in [0.15, 0.2) is 61.1 Å². The van der Waals surface area contributed by atoms with Gasteiger partial charge >= 0.3 is 6.03 Å². The number of benzene rings is 1. The van der Waals surface area contributed by atoms with E-state index in [0.717, 1.165) is 33.9 Å². The number of hydrogen-bond acceptors (Lipinski definition) is 5. The summed E-state index contributed by atoms with van der Waals surface area (Å²) >= 11 is 6.09. The third-order valence-corrected chi connectivity index (χ3v) is 5.71. The zero-order chi connectivity index (χ0) is 21.4. The van der Waals surface area contributed by atoms with Crippen molar-refractivity contribution in [3.8, 4) is 17.1 Å². The van der Waals surface area contributed by atoms with E-state index in [4.69, 9.17) is 22.3 Å². The predicted octanol–water partition coefficient (Wildman–Crippen LogP) is 3.34. The molecular weight excluding hydrogens is 414 g/mol. The Labute approximate surface area is 183 Å². The molecule has 0 atom stereocenters. The fraction of sp³-hybridized carbons (Fsp3) is 0.182. The fourth-order valence-corrected chi connectivity index (χ4v) is 3.96. The zero-order valence-electron chi connectivity index (χ0n) is 16.6. The van der Waals surface area contributed by atoms with Crippen molar-refractivity contribution in [2.45, 2.75) is 0 Å². The van der Waals surface area contributed by atoms with Gasteiger partial charge in [-0.1, -0.05) is 11.6 Å². The van der Waals surface area contributed by atoms with Gasteiger partial charge in [0.25, 0.3) is 0 Å². The molecule has 8 nitrogen and oxygen atoms in total. The number of urea groups is 1. The molecule has 1 fully saturated rings. The van der Waals surface area contributed by atoms with Crippen molar-refractivity contribution >= 4 is 34.5 Å². The second-order valence-corrected chi connectivity index (χ2v) is 7.77. The van der Waals surface area contributed by atoms with Crippen LogP contribution < -0.4 is 10.6 Å². The van der Waals surface area contributed by atoms with Crippen LogP contribution in [0.4, 0.5) is 10.6 Å². The van der Waals surface area contributed by atoms with Crippen molar-refractivity contribution in [3.05, 3.63) is 66.1 Å². The molecule has 2 N–H and O–H groups in total. The minimum absolute atomic E-state index is 0.376. The molecule has 5 rings (SSSR count). The highest BCUT2D eigenvalue weighted by Gasteiger charge is 2.21. The third kappa shape index (κ3) is 3.66. The molecule has 0 aliphatic carbocycles. The van der Waals surface area contributed by atoms with E-state index >= 15 is 0 Å². The Kier molecular flexibility index (Phi) is 4.91. The van der Waals surface area contributed by atoms with Gasteiger partial charge in [0.2, 0.25) is 0 Å². The second kappa shape index (κ2) is 7.88. The number of nitrogens with zero attached hydrogens (tertiary/aromatic N) is 6. The first-order valence-electron chi connectivity index (χ1n) is 9.94. The first kappa shape index (κ1) is 19.3. The number of amides is 2. The Hall–Kier alpha value is -3.65. The summed E-state index contributed by atoms with van der Waals surface area (Å²) in [6, 6.07) is 13.2. The van der Waals surface area contributed by atoms with Gasteiger partial charge in [-0.2, -0.15) is 0 Å². The number of fused-ring (bicyclic) bond motifs is 1. The Morgan fingerprint density at radius 3 is 2.42 bits per heavy atom. The number of rotatable bonds is 3. The van der Waals surface area contributed by atoms with Crippen LogP contribution in [0.25, 0.3) is 28.1 Å². The van der Waals surface area contributed by atoms with Crippen molar-refractivity contribution in [1.29, 1.82) is 0 Å². The predicted molar refractivity (Wildman–Crippen MR) is 120 cm³/mol. The average molecular weight is 434 g/mol. The molecule has 2 amide bonds. The average Bonchev–Trinajstić information content (AvgIpc) is 3.19. The minimum atomic E-state index is -0.376. The smallest absolute Gasteiger partial charge is 0.314 e. The standard InChI is InChI=1S/C22H20ClN7O/c23-16-2-4-17(5-3-16)30-19-14-25-8-7-18(19)27-21(30)15-1-6-20(26-13-15)28-9-11-29(12-10-28)22(24)31/h1-8,13-14H,9-12H2,(H2,24,31). The highest BCUT2D eigenvalue weighted by molar-refractivity contribution is 6.30. The van der Waals surface area contributed by atoms with Crippen LogP contribution in [0.5, 0.6) is 0 Å². The molecule has 31 heavy (non-hydrogen) atoms. The van der Waals surface area contributed by atoms with E-state index in [2.05, 4.69) is 19.4 Å². The van der Waals surface area contributed by atoms with Gasteiger partial charge in [-0.25, -0.2) is 14.8 Å². The number of pyridine rings is 2. The Morgan fingerprint density at radius 2 is 1.74 bits per heavy atom. The number of primary amides is 1. The molecule has 156 valence electrons. The number of hydrogen-bond donors (Lipinski definition) is 1. The number of halogens is 1. The monoisotopic (exact) mass is 433 g/mol. The van der Waals surface area contributed by atoms with E-state index in [0.29, 0.717) is 31.2 Å². The van der Waals surface area contributed by atoms with Crippen LogP contribution in [0.3, 0.4) is 0 Å². The highest BCUT2D eigenvalue weighted by Crippen LogP contribution is 2.29. The van der Waals surface area contributed by atoms with Gasteiger partial charge in [0.05, 0.1) is 17.2 Å². The van der Waals surface area contributed by atoms with Gasteiger partial charge in [0.15, 0.2) is 0 Å². The number of carbonyl (C=O) groups is 1. The Morgan fingerprint density at radius 1 is 0.968 bits per heavy atom. The van der Waals surface area contributed by atoms with E-state index in [9.17, 15) is 4.79 Å². The van der Waals surface area contributed by atoms with Crippen LogP contribution in [0, 0.1) is 0 Å². The lowest BCUT2D eigenvalue weighted by Gasteiger charge is -2.34. The first-order valence-corrected chi connectivity index (χ1v) is 10.3. The summed E-state index contributed by atoms with van der Waals surface area (Å²) in [5, 5.41) is 0.676. The molecule has 0 spiro atoms. The van der Waals surface area contributed by atoms with E-state index in [1.54, 1.807) is 17.3 Å². The highest BCUT2D eigenvalue weighted by atomic mass is 35.5. The summed E-state index contributed by atoms with van der Waals surface area (Å²) in [7, 11) is 0. The van der Waals surface area contributed by atoms with E-state index in [1.165, 1.54) is 0 Å². The number of anilines is 1. The fourth-order valence-electron chi connectivity index (χ4n) is 3.83. The summed E-state index contributed by atoms with van der Waals surface area (Å²) in [4.78, 5) is 28.9. The summed E-state index contributed by atoms with van der Waals surface area (Å²) < 4.78 is 2.06. The molecule has 0 radical (unpaired) electrons. The molecule has 1 aliphatic rings. The molecule has 0 saturated carbocycles. The maximum Gasteiger partial charge on any atom is 0.314 e. The quantitative estimate of drug-likeness (QED) is 0.535. The topological polar surface area (TPSA) is 93.2 Å². The molecule has 0 unspecified atom stereocenters. The molecule has 4 aromatic rings. The third-order valence-electron chi connectivity index (χ3n) is 5.46. The van der Waals surface area contributed by atoms with Gasteiger partial charge in [0.1, 0.15) is 11.6 Å². The van der Waals surface area contributed by atoms with Crippen molar-refractivity contribution in [2.75, 3.05) is 31.1 Å². The lowest BCUT2D eigenvalue weighted by atomic mass is 10.2. The molecule has 9 heteroatoms. The molecule has 0 bridgehead atoms. The first-order chi connectivity index (χ1) is 15.1. The molecule has 1 aliphatic heterocycles.